The summed E-state index contributed by atoms with van der Waals surface area (Å²) in [6.45, 7) is 0.138. The molecule has 0 aliphatic rings. The quantitative estimate of drug-likeness (QED) is 0.121. The summed E-state index contributed by atoms with van der Waals surface area (Å²) in [7, 11) is 3.11. The smallest absolute Gasteiger partial charge is 0.336 e. The molecule has 4 aromatic rings. The number of carboxylic acids is 1. The molecule has 4 rings (SSSR count). The number of hydrogen-bond acceptors (Lipinski definition) is 5. The number of aryl methyl sites for hydroxylation is 2. The van der Waals surface area contributed by atoms with Crippen LogP contribution in [0.4, 0.5) is 0 Å². The lowest BCUT2D eigenvalue weighted by Gasteiger charge is -2.24. The van der Waals surface area contributed by atoms with Crippen LogP contribution in [0.2, 0.25) is 0 Å². The molecule has 0 bridgehead atoms. The van der Waals surface area contributed by atoms with Gasteiger partial charge < -0.3 is 24.8 Å². The zero-order valence-electron chi connectivity index (χ0n) is 27.0. The standard InChI is InChI=1S/C38H46N2O6/c1-40(2)34(41)27-46-36(38(43)44)35(45-24-12-4-6-14-29-20-22-31-16-8-10-18-33(31)26-29)37(42)39-23-11-3-5-13-28-19-21-30-15-7-9-17-32(30)25-28/h7-10,15-22,25-26,35-36H,3-6,11-14,23-24,27H2,1-2H3,(H,39,42)(H,43,44). The van der Waals surface area contributed by atoms with E-state index in [-0.39, 0.29) is 6.61 Å². The molecule has 0 fully saturated rings. The van der Waals surface area contributed by atoms with Gasteiger partial charge in [0.05, 0.1) is 0 Å². The van der Waals surface area contributed by atoms with Crippen LogP contribution in [0.25, 0.3) is 21.5 Å². The highest BCUT2D eigenvalue weighted by molar-refractivity contribution is 5.88. The van der Waals surface area contributed by atoms with Crippen LogP contribution >= 0.6 is 0 Å². The third kappa shape index (κ3) is 10.7. The Morgan fingerprint density at radius 3 is 1.76 bits per heavy atom. The molecule has 2 amide bonds. The van der Waals surface area contributed by atoms with Crippen molar-refractivity contribution in [2.24, 2.45) is 0 Å². The molecule has 4 aromatic carbocycles. The van der Waals surface area contributed by atoms with E-state index in [2.05, 4.69) is 66.0 Å². The molecular weight excluding hydrogens is 580 g/mol. The molecule has 0 aromatic heterocycles. The van der Waals surface area contributed by atoms with Crippen molar-refractivity contribution >= 4 is 39.3 Å². The average Bonchev–Trinajstić information content (AvgIpc) is 3.06. The number of benzene rings is 4. The Balaban J connectivity index is 1.23. The van der Waals surface area contributed by atoms with Gasteiger partial charge in [0, 0.05) is 27.2 Å². The molecule has 46 heavy (non-hydrogen) atoms. The molecule has 0 saturated heterocycles. The van der Waals surface area contributed by atoms with E-state index >= 15 is 0 Å². The van der Waals surface area contributed by atoms with Gasteiger partial charge in [-0.05, 0) is 71.2 Å². The molecule has 244 valence electrons. The molecule has 0 aliphatic carbocycles. The SMILES string of the molecule is CN(C)C(=O)COC(C(=O)O)C(OCCCCCc1ccc2ccccc2c1)C(=O)NCCCCCc1ccc2ccccc2c1. The van der Waals surface area contributed by atoms with E-state index in [1.165, 1.54) is 37.6 Å². The van der Waals surface area contributed by atoms with Crippen molar-refractivity contribution in [3.63, 3.8) is 0 Å². The van der Waals surface area contributed by atoms with Gasteiger partial charge in [-0.25, -0.2) is 4.79 Å². The number of fused-ring (bicyclic) bond motifs is 2. The molecule has 8 nitrogen and oxygen atoms in total. The number of unbranched alkanes of at least 4 members (excludes halogenated alkanes) is 4. The maximum atomic E-state index is 13.2. The third-order valence-electron chi connectivity index (χ3n) is 8.14. The fourth-order valence-corrected chi connectivity index (χ4v) is 5.43. The first-order chi connectivity index (χ1) is 22.3. The number of carbonyl (C=O) groups excluding carboxylic acids is 2. The lowest BCUT2D eigenvalue weighted by molar-refractivity contribution is -0.171. The van der Waals surface area contributed by atoms with Crippen LogP contribution in [0.15, 0.2) is 84.9 Å². The maximum Gasteiger partial charge on any atom is 0.336 e. The fourth-order valence-electron chi connectivity index (χ4n) is 5.43. The summed E-state index contributed by atoms with van der Waals surface area (Å²) in [5.74, 6) is -2.29. The summed E-state index contributed by atoms with van der Waals surface area (Å²) in [6.07, 6.45) is 3.98. The maximum absolute atomic E-state index is 13.2. The zero-order valence-corrected chi connectivity index (χ0v) is 27.0. The van der Waals surface area contributed by atoms with E-state index < -0.39 is 36.6 Å². The second-order valence-electron chi connectivity index (χ2n) is 11.9. The number of hydrogen-bond donors (Lipinski definition) is 2. The lowest BCUT2D eigenvalue weighted by Crippen LogP contribution is -2.50. The number of nitrogens with zero attached hydrogens (tertiary/aromatic N) is 1. The summed E-state index contributed by atoms with van der Waals surface area (Å²) in [5.41, 5.74) is 2.54. The first kappa shape index (κ1) is 34.6. The van der Waals surface area contributed by atoms with Crippen LogP contribution in [-0.2, 0) is 36.7 Å². The molecule has 0 spiro atoms. The first-order valence-electron chi connectivity index (χ1n) is 16.2. The van der Waals surface area contributed by atoms with Crippen molar-refractivity contribution in [2.45, 2.75) is 63.6 Å². The Labute approximate surface area is 271 Å². The van der Waals surface area contributed by atoms with Crippen LogP contribution in [0.3, 0.4) is 0 Å². The van der Waals surface area contributed by atoms with Crippen LogP contribution in [0.1, 0.15) is 49.7 Å². The Morgan fingerprint density at radius 2 is 1.22 bits per heavy atom. The summed E-state index contributed by atoms with van der Waals surface area (Å²) >= 11 is 0. The van der Waals surface area contributed by atoms with E-state index in [0.717, 1.165) is 44.9 Å². The highest BCUT2D eigenvalue weighted by Gasteiger charge is 2.36. The highest BCUT2D eigenvalue weighted by atomic mass is 16.6. The fraction of sp³-hybridized carbons (Fsp3) is 0.395. The van der Waals surface area contributed by atoms with Crippen LogP contribution in [0.5, 0.6) is 0 Å². The Hall–Kier alpha value is -4.27. The molecule has 2 N–H and O–H groups in total. The monoisotopic (exact) mass is 626 g/mol. The van der Waals surface area contributed by atoms with E-state index in [0.29, 0.717) is 13.0 Å². The van der Waals surface area contributed by atoms with Crippen molar-refractivity contribution in [1.29, 1.82) is 0 Å². The van der Waals surface area contributed by atoms with Crippen LogP contribution in [-0.4, -0.2) is 73.9 Å². The molecular formula is C38H46N2O6. The number of carboxylic acid groups (broad SMARTS) is 1. The van der Waals surface area contributed by atoms with E-state index in [4.69, 9.17) is 9.47 Å². The summed E-state index contributed by atoms with van der Waals surface area (Å²) in [5, 5.41) is 17.6. The van der Waals surface area contributed by atoms with Crippen molar-refractivity contribution in [2.75, 3.05) is 33.9 Å². The van der Waals surface area contributed by atoms with Crippen molar-refractivity contribution in [1.82, 2.24) is 10.2 Å². The molecule has 2 atom stereocenters. The van der Waals surface area contributed by atoms with Gasteiger partial charge in [0.25, 0.3) is 5.91 Å². The predicted octanol–water partition coefficient (Wildman–Crippen LogP) is 6.18. The summed E-state index contributed by atoms with van der Waals surface area (Å²) in [4.78, 5) is 38.7. The molecule has 0 aliphatic heterocycles. The van der Waals surface area contributed by atoms with Crippen molar-refractivity contribution in [3.05, 3.63) is 96.1 Å². The first-order valence-corrected chi connectivity index (χ1v) is 16.2. The minimum Gasteiger partial charge on any atom is -0.479 e. The van der Waals surface area contributed by atoms with Crippen LogP contribution < -0.4 is 5.32 Å². The highest BCUT2D eigenvalue weighted by Crippen LogP contribution is 2.19. The lowest BCUT2D eigenvalue weighted by atomic mass is 10.0. The van der Waals surface area contributed by atoms with Gasteiger partial charge >= 0.3 is 5.97 Å². The minimum absolute atomic E-state index is 0.205. The number of nitrogens with one attached hydrogen (secondary N) is 1. The second kappa shape index (κ2) is 18.0. The summed E-state index contributed by atoms with van der Waals surface area (Å²) in [6, 6.07) is 29.6. The Morgan fingerprint density at radius 1 is 0.674 bits per heavy atom. The predicted molar refractivity (Wildman–Crippen MR) is 182 cm³/mol. The average molecular weight is 627 g/mol. The number of aliphatic carboxylic acids is 1. The number of likely N-dealkylation sites (N-methyl/N-ethyl adjacent to an activating group) is 1. The van der Waals surface area contributed by atoms with Crippen molar-refractivity contribution < 1.29 is 29.0 Å². The van der Waals surface area contributed by atoms with Gasteiger partial charge in [-0.3, -0.25) is 9.59 Å². The molecule has 8 heteroatoms. The largest absolute Gasteiger partial charge is 0.479 e. The molecule has 2 unspecified atom stereocenters. The topological polar surface area (TPSA) is 105 Å². The normalized spacial score (nSPS) is 12.6. The summed E-state index contributed by atoms with van der Waals surface area (Å²) < 4.78 is 11.3. The number of ether oxygens (including phenoxy) is 2. The Kier molecular flexibility index (Phi) is 13.6. The van der Waals surface area contributed by atoms with Gasteiger partial charge in [-0.2, -0.15) is 0 Å². The molecule has 0 radical (unpaired) electrons. The number of rotatable bonds is 19. The van der Waals surface area contributed by atoms with Gasteiger partial charge in [-0.15, -0.1) is 0 Å². The van der Waals surface area contributed by atoms with Gasteiger partial charge in [0.15, 0.2) is 12.2 Å². The van der Waals surface area contributed by atoms with Gasteiger partial charge in [0.2, 0.25) is 5.91 Å². The van der Waals surface area contributed by atoms with Gasteiger partial charge in [0.1, 0.15) is 6.61 Å². The minimum atomic E-state index is -1.60. The molecule has 0 heterocycles. The number of amides is 2. The van der Waals surface area contributed by atoms with E-state index in [1.54, 1.807) is 14.1 Å². The molecule has 0 saturated carbocycles. The zero-order chi connectivity index (χ0) is 32.7. The van der Waals surface area contributed by atoms with Gasteiger partial charge in [-0.1, -0.05) is 97.8 Å². The Bertz CT molecular complexity index is 1590. The second-order valence-corrected chi connectivity index (χ2v) is 11.9. The van der Waals surface area contributed by atoms with E-state index in [9.17, 15) is 19.5 Å². The third-order valence-corrected chi connectivity index (χ3v) is 8.14. The van der Waals surface area contributed by atoms with E-state index in [1.807, 2.05) is 24.3 Å². The van der Waals surface area contributed by atoms with Crippen LogP contribution in [0, 0.1) is 0 Å². The van der Waals surface area contributed by atoms with Crippen molar-refractivity contribution in [3.8, 4) is 0 Å². The number of carbonyl (C=O) groups is 3.